The predicted molar refractivity (Wildman–Crippen MR) is 146 cm³/mol. The Morgan fingerprint density at radius 3 is 2.62 bits per heavy atom. The number of nitrogens with zero attached hydrogens (tertiary/aromatic N) is 4. The lowest BCUT2D eigenvalue weighted by atomic mass is 9.85. The number of rotatable bonds is 6. The van der Waals surface area contributed by atoms with Crippen molar-refractivity contribution in [2.24, 2.45) is 22.9 Å². The lowest BCUT2D eigenvalue weighted by Crippen LogP contribution is -2.64. The van der Waals surface area contributed by atoms with Crippen molar-refractivity contribution in [2.75, 3.05) is 19.7 Å². The molecule has 4 aliphatic rings. The van der Waals surface area contributed by atoms with E-state index >= 15 is 0 Å². The van der Waals surface area contributed by atoms with Crippen LogP contribution in [0.4, 0.5) is 4.79 Å². The number of allylic oxidation sites excluding steroid dienone is 1. The van der Waals surface area contributed by atoms with Crippen LogP contribution in [0.3, 0.4) is 0 Å². The summed E-state index contributed by atoms with van der Waals surface area (Å²) >= 11 is 1.19. The minimum absolute atomic E-state index is 0.107. The van der Waals surface area contributed by atoms with Crippen molar-refractivity contribution in [3.05, 3.63) is 22.6 Å². The number of carbonyl (C=O) groups is 2. The molecule has 0 radical (unpaired) electrons. The number of azide groups is 1. The maximum absolute atomic E-state index is 13.8. The molecule has 5 N–H and O–H groups in total. The van der Waals surface area contributed by atoms with E-state index < -0.39 is 60.0 Å². The second-order valence-corrected chi connectivity index (χ2v) is 13.1. The van der Waals surface area contributed by atoms with E-state index in [1.54, 1.807) is 0 Å². The molecule has 0 aromatic carbocycles. The summed E-state index contributed by atoms with van der Waals surface area (Å²) < 4.78 is 12.2. The van der Waals surface area contributed by atoms with E-state index in [2.05, 4.69) is 29.2 Å². The average molecular weight is 584 g/mol. The van der Waals surface area contributed by atoms with E-state index in [4.69, 9.17) is 15.0 Å². The number of aliphatic hydroxyl groups is 3. The molecule has 0 saturated carbocycles. The predicted octanol–water partition coefficient (Wildman–Crippen LogP) is 1.86. The number of amides is 2. The Kier molecular flexibility index (Phi) is 10.6. The molecule has 3 fully saturated rings. The Bertz CT molecular complexity index is 981. The van der Waals surface area contributed by atoms with Crippen LogP contribution in [0.25, 0.3) is 10.4 Å². The Labute approximate surface area is 237 Å². The highest BCUT2D eigenvalue weighted by molar-refractivity contribution is 8.00. The average Bonchev–Trinajstić information content (AvgIpc) is 3.15. The van der Waals surface area contributed by atoms with E-state index in [-0.39, 0.29) is 30.7 Å². The highest BCUT2D eigenvalue weighted by Crippen LogP contribution is 2.38. The Balaban J connectivity index is 1.55. The van der Waals surface area contributed by atoms with Crippen LogP contribution in [0.15, 0.2) is 17.3 Å². The van der Waals surface area contributed by atoms with Crippen LogP contribution in [0.2, 0.25) is 0 Å². The van der Waals surface area contributed by atoms with Gasteiger partial charge in [0, 0.05) is 35.8 Å². The maximum Gasteiger partial charge on any atom is 0.408 e. The first kappa shape index (κ1) is 30.9. The van der Waals surface area contributed by atoms with Crippen LogP contribution >= 0.6 is 11.8 Å². The molecule has 3 saturated heterocycles. The lowest BCUT2D eigenvalue weighted by Gasteiger charge is -2.44. The molecule has 2 unspecified atom stereocenters. The van der Waals surface area contributed by atoms with E-state index in [0.717, 1.165) is 24.2 Å². The highest BCUT2D eigenvalue weighted by atomic mass is 32.2. The monoisotopic (exact) mass is 583 g/mol. The molecule has 4 heterocycles. The molecule has 13 nitrogen and oxygen atoms in total. The number of likely N-dealkylation sites (tertiary alicyclic amines) is 1. The first-order chi connectivity index (χ1) is 19.1. The summed E-state index contributed by atoms with van der Waals surface area (Å²) in [6.45, 7) is 5.12. The van der Waals surface area contributed by atoms with Crippen LogP contribution < -0.4 is 5.32 Å². The van der Waals surface area contributed by atoms with Gasteiger partial charge in [0.05, 0.1) is 12.1 Å². The number of hydrogen-bond donors (Lipinski definition) is 5. The highest BCUT2D eigenvalue weighted by Gasteiger charge is 2.52. The fraction of sp³-hybridized carbons (Fsp3) is 0.846. The summed E-state index contributed by atoms with van der Waals surface area (Å²) in [6.07, 6.45) is -0.232. The zero-order valence-electron chi connectivity index (χ0n) is 22.9. The number of aliphatic hydroxyl groups excluding tert-OH is 3. The molecule has 40 heavy (non-hydrogen) atoms. The number of nitrogens with one attached hydrogen (secondary N) is 1. The molecular formula is C26H41N5O8S. The minimum atomic E-state index is -1.53. The summed E-state index contributed by atoms with van der Waals surface area (Å²) in [4.78, 5) is 29.9. The van der Waals surface area contributed by atoms with E-state index in [0.29, 0.717) is 24.9 Å². The number of hydrogen-bond acceptors (Lipinski definition) is 9. The molecular weight excluding hydrogens is 542 g/mol. The van der Waals surface area contributed by atoms with Crippen molar-refractivity contribution in [3.8, 4) is 0 Å². The van der Waals surface area contributed by atoms with Crippen molar-refractivity contribution in [2.45, 2.75) is 99.2 Å². The summed E-state index contributed by atoms with van der Waals surface area (Å²) in [5, 5.41) is 48.3. The van der Waals surface area contributed by atoms with E-state index in [1.165, 1.54) is 11.8 Å². The Hall–Kier alpha value is -2.06. The first-order valence-electron chi connectivity index (χ1n) is 14.0. The van der Waals surface area contributed by atoms with Crippen molar-refractivity contribution in [1.82, 2.24) is 10.2 Å². The summed E-state index contributed by atoms with van der Waals surface area (Å²) in [7, 11) is 0. The Morgan fingerprint density at radius 2 is 1.93 bits per heavy atom. The lowest BCUT2D eigenvalue weighted by molar-refractivity contribution is -0.205. The maximum atomic E-state index is 13.8. The zero-order chi connectivity index (χ0) is 29.0. The van der Waals surface area contributed by atoms with Gasteiger partial charge in [-0.05, 0) is 49.5 Å². The second kappa shape index (κ2) is 13.7. The van der Waals surface area contributed by atoms with Crippen molar-refractivity contribution < 1.29 is 39.5 Å². The fourth-order valence-corrected chi connectivity index (χ4v) is 7.74. The number of thioether (sulfide) groups is 1. The molecule has 4 aliphatic heterocycles. The van der Waals surface area contributed by atoms with Gasteiger partial charge in [0.25, 0.3) is 0 Å². The first-order valence-corrected chi connectivity index (χ1v) is 15.0. The third kappa shape index (κ3) is 7.04. The van der Waals surface area contributed by atoms with Gasteiger partial charge in [-0.3, -0.25) is 9.69 Å². The molecule has 11 atom stereocenters. The smallest absolute Gasteiger partial charge is 0.408 e. The number of fused-ring (bicyclic) bond motifs is 3. The molecule has 0 spiro atoms. The minimum Gasteiger partial charge on any atom is -0.465 e. The third-order valence-electron chi connectivity index (χ3n) is 8.30. The van der Waals surface area contributed by atoms with Gasteiger partial charge in [0.1, 0.15) is 35.9 Å². The van der Waals surface area contributed by atoms with Gasteiger partial charge in [-0.1, -0.05) is 31.1 Å². The van der Waals surface area contributed by atoms with Gasteiger partial charge in [0.2, 0.25) is 5.91 Å². The van der Waals surface area contributed by atoms with Crippen molar-refractivity contribution in [1.29, 1.82) is 0 Å². The van der Waals surface area contributed by atoms with Crippen molar-refractivity contribution >= 4 is 23.8 Å². The summed E-state index contributed by atoms with van der Waals surface area (Å²) in [5.41, 5.74) is 7.77. The molecule has 0 aromatic heterocycles. The largest absolute Gasteiger partial charge is 0.465 e. The molecule has 0 aliphatic carbocycles. The van der Waals surface area contributed by atoms with E-state index in [1.807, 2.05) is 12.2 Å². The van der Waals surface area contributed by atoms with Crippen LogP contribution in [0.5, 0.6) is 0 Å². The number of carboxylic acid groups (broad SMARTS) is 1. The molecule has 4 rings (SSSR count). The van der Waals surface area contributed by atoms with Gasteiger partial charge in [0.15, 0.2) is 0 Å². The molecule has 0 aromatic rings. The van der Waals surface area contributed by atoms with Gasteiger partial charge in [-0.2, -0.15) is 0 Å². The summed E-state index contributed by atoms with van der Waals surface area (Å²) in [5.74, 6) is 0.246. The topological polar surface area (TPSA) is 198 Å². The van der Waals surface area contributed by atoms with Crippen LogP contribution in [0.1, 0.15) is 46.0 Å². The van der Waals surface area contributed by atoms with Crippen molar-refractivity contribution in [3.63, 3.8) is 0 Å². The second-order valence-electron chi connectivity index (χ2n) is 11.7. The number of carbonyl (C=O) groups excluding carboxylic acids is 1. The Morgan fingerprint density at radius 1 is 1.18 bits per heavy atom. The SMILES string of the molecule is CC(C)C[C@@H]1CCO[C@H]2C(C(=O)N[C@@H]3C/C=C\CC(CN=[N+]=[N-])S[C@H]4O[C@H]3[C@H](O)[C@H](O)[C@H]4O)N(C(=O)O)C[C@@H]2C1. The molecule has 2 bridgehead atoms. The van der Waals surface area contributed by atoms with Gasteiger partial charge >= 0.3 is 6.09 Å². The molecule has 14 heteroatoms. The van der Waals surface area contributed by atoms with E-state index in [9.17, 15) is 30.0 Å². The van der Waals surface area contributed by atoms with Crippen LogP contribution in [0, 0.1) is 17.8 Å². The van der Waals surface area contributed by atoms with Crippen LogP contribution in [-0.2, 0) is 14.3 Å². The van der Waals surface area contributed by atoms with Crippen LogP contribution in [-0.4, -0.2) is 110 Å². The zero-order valence-corrected chi connectivity index (χ0v) is 23.7. The fourth-order valence-electron chi connectivity index (χ4n) is 6.47. The van der Waals surface area contributed by atoms with Gasteiger partial charge < -0.3 is 35.2 Å². The van der Waals surface area contributed by atoms with Gasteiger partial charge in [-0.25, -0.2) is 4.79 Å². The quantitative estimate of drug-likeness (QED) is 0.134. The molecule has 2 amide bonds. The normalized spacial score (nSPS) is 40.9. The summed E-state index contributed by atoms with van der Waals surface area (Å²) in [6, 6.07) is -1.87. The van der Waals surface area contributed by atoms with Gasteiger partial charge in [-0.15, -0.1) is 11.8 Å². The standard InChI is InChI=1S/C26H41N5O8S/c1-13(2)9-14-7-8-38-22-15(10-14)12-31(26(36)37)18(22)24(35)29-17-6-4-3-5-16(11-28-30-27)40-25-21(34)19(32)20(33)23(17)39-25/h3-4,13-23,25,32-34H,5-12H2,1-2H3,(H,29,35)(H,36,37)/b4-3-/t14-,15-,16?,17+,18?,19-,20+,21+,22+,23+,25+/m0/s1. The third-order valence-corrected chi connectivity index (χ3v) is 9.68. The molecule has 224 valence electrons. The number of ether oxygens (including phenoxy) is 2.